The lowest BCUT2D eigenvalue weighted by atomic mass is 10.2. The molecule has 0 aliphatic carbocycles. The molecule has 0 atom stereocenters. The SMILES string of the molecule is CCNC(=NCCNC(=O)c1ccccc1)N1CCCC1.I. The second-order valence-corrected chi connectivity index (χ2v) is 5.05. The second-order valence-electron chi connectivity index (χ2n) is 5.05. The highest BCUT2D eigenvalue weighted by molar-refractivity contribution is 14.0. The molecule has 1 aliphatic heterocycles. The van der Waals surface area contributed by atoms with E-state index >= 15 is 0 Å². The number of hydrogen-bond donors (Lipinski definition) is 2. The number of guanidine groups is 1. The third kappa shape index (κ3) is 5.82. The monoisotopic (exact) mass is 416 g/mol. The van der Waals surface area contributed by atoms with Crippen molar-refractivity contribution < 1.29 is 4.79 Å². The Kier molecular flexibility index (Phi) is 8.88. The number of benzene rings is 1. The highest BCUT2D eigenvalue weighted by Gasteiger charge is 2.15. The average molecular weight is 416 g/mol. The summed E-state index contributed by atoms with van der Waals surface area (Å²) in [6.07, 6.45) is 2.46. The van der Waals surface area contributed by atoms with Gasteiger partial charge in [-0.3, -0.25) is 9.79 Å². The second kappa shape index (κ2) is 10.4. The van der Waals surface area contributed by atoms with Crippen molar-refractivity contribution in [3.8, 4) is 0 Å². The topological polar surface area (TPSA) is 56.7 Å². The van der Waals surface area contributed by atoms with E-state index in [9.17, 15) is 4.79 Å². The Morgan fingerprint density at radius 2 is 1.86 bits per heavy atom. The molecule has 0 radical (unpaired) electrons. The first kappa shape index (κ1) is 18.7. The molecule has 122 valence electrons. The number of carbonyl (C=O) groups excluding carboxylic acids is 1. The minimum absolute atomic E-state index is 0. The Morgan fingerprint density at radius 1 is 1.18 bits per heavy atom. The van der Waals surface area contributed by atoms with Crippen LogP contribution in [0.2, 0.25) is 0 Å². The summed E-state index contributed by atoms with van der Waals surface area (Å²) in [4.78, 5) is 18.7. The minimum Gasteiger partial charge on any atom is -0.357 e. The van der Waals surface area contributed by atoms with Gasteiger partial charge in [-0.15, -0.1) is 24.0 Å². The molecule has 0 bridgehead atoms. The standard InChI is InChI=1S/C16H24N4O.HI/c1-2-17-16(20-12-6-7-13-20)19-11-10-18-15(21)14-8-4-3-5-9-14;/h3-5,8-9H,2,6-7,10-13H2,1H3,(H,17,19)(H,18,21);1H. The van der Waals surface area contributed by atoms with Gasteiger partial charge in [-0.25, -0.2) is 0 Å². The fraction of sp³-hybridized carbons (Fsp3) is 0.500. The Hall–Kier alpha value is -1.31. The molecular formula is C16H25IN4O. The molecule has 0 spiro atoms. The first-order valence-corrected chi connectivity index (χ1v) is 7.67. The Bertz CT molecular complexity index is 472. The Balaban J connectivity index is 0.00000242. The van der Waals surface area contributed by atoms with Gasteiger partial charge in [0.05, 0.1) is 6.54 Å². The van der Waals surface area contributed by atoms with Crippen LogP contribution in [0.5, 0.6) is 0 Å². The van der Waals surface area contributed by atoms with E-state index in [1.165, 1.54) is 12.8 Å². The summed E-state index contributed by atoms with van der Waals surface area (Å²) in [5.41, 5.74) is 0.688. The highest BCUT2D eigenvalue weighted by atomic mass is 127. The number of aliphatic imine (C=N–C) groups is 1. The molecule has 5 nitrogen and oxygen atoms in total. The summed E-state index contributed by atoms with van der Waals surface area (Å²) in [6, 6.07) is 9.26. The van der Waals surface area contributed by atoms with Crippen LogP contribution in [0.25, 0.3) is 0 Å². The van der Waals surface area contributed by atoms with Crippen molar-refractivity contribution in [2.24, 2.45) is 4.99 Å². The number of hydrogen-bond acceptors (Lipinski definition) is 2. The van der Waals surface area contributed by atoms with E-state index in [0.717, 1.165) is 25.6 Å². The maximum Gasteiger partial charge on any atom is 0.251 e. The van der Waals surface area contributed by atoms with Crippen molar-refractivity contribution in [3.63, 3.8) is 0 Å². The predicted molar refractivity (Wildman–Crippen MR) is 101 cm³/mol. The van der Waals surface area contributed by atoms with Crippen molar-refractivity contribution >= 4 is 35.8 Å². The van der Waals surface area contributed by atoms with E-state index in [4.69, 9.17) is 0 Å². The van der Waals surface area contributed by atoms with Crippen LogP contribution in [-0.4, -0.2) is 49.5 Å². The first-order valence-electron chi connectivity index (χ1n) is 7.67. The normalized spacial score (nSPS) is 14.4. The van der Waals surface area contributed by atoms with Crippen LogP contribution in [0.4, 0.5) is 0 Å². The van der Waals surface area contributed by atoms with Crippen LogP contribution in [0.1, 0.15) is 30.1 Å². The summed E-state index contributed by atoms with van der Waals surface area (Å²) in [6.45, 7) is 6.23. The zero-order chi connectivity index (χ0) is 14.9. The fourth-order valence-electron chi connectivity index (χ4n) is 2.38. The van der Waals surface area contributed by atoms with E-state index in [0.29, 0.717) is 18.7 Å². The molecular weight excluding hydrogens is 391 g/mol. The van der Waals surface area contributed by atoms with Crippen molar-refractivity contribution in [1.82, 2.24) is 15.5 Å². The quantitative estimate of drug-likeness (QED) is 0.335. The van der Waals surface area contributed by atoms with E-state index in [1.807, 2.05) is 30.3 Å². The molecule has 6 heteroatoms. The molecule has 1 aromatic rings. The van der Waals surface area contributed by atoms with Crippen molar-refractivity contribution in [2.75, 3.05) is 32.7 Å². The van der Waals surface area contributed by atoms with Crippen molar-refractivity contribution in [1.29, 1.82) is 0 Å². The van der Waals surface area contributed by atoms with Gasteiger partial charge in [-0.2, -0.15) is 0 Å². The van der Waals surface area contributed by atoms with Crippen LogP contribution in [0.3, 0.4) is 0 Å². The van der Waals surface area contributed by atoms with Gasteiger partial charge in [-0.1, -0.05) is 18.2 Å². The highest BCUT2D eigenvalue weighted by Crippen LogP contribution is 2.07. The largest absolute Gasteiger partial charge is 0.357 e. The van der Waals surface area contributed by atoms with Crippen molar-refractivity contribution in [2.45, 2.75) is 19.8 Å². The van der Waals surface area contributed by atoms with Gasteiger partial charge in [0.15, 0.2) is 5.96 Å². The lowest BCUT2D eigenvalue weighted by Crippen LogP contribution is -2.40. The van der Waals surface area contributed by atoms with Crippen molar-refractivity contribution in [3.05, 3.63) is 35.9 Å². The number of nitrogens with zero attached hydrogens (tertiary/aromatic N) is 2. The van der Waals surface area contributed by atoms with Gasteiger partial charge >= 0.3 is 0 Å². The Morgan fingerprint density at radius 3 is 2.50 bits per heavy atom. The first-order chi connectivity index (χ1) is 10.3. The molecule has 1 aliphatic rings. The minimum atomic E-state index is -0.0445. The zero-order valence-corrected chi connectivity index (χ0v) is 15.4. The summed E-state index contributed by atoms with van der Waals surface area (Å²) < 4.78 is 0. The van der Waals surface area contributed by atoms with Gasteiger partial charge < -0.3 is 15.5 Å². The van der Waals surface area contributed by atoms with Gasteiger partial charge in [0.1, 0.15) is 0 Å². The summed E-state index contributed by atoms with van der Waals surface area (Å²) in [5, 5.41) is 6.20. The lowest BCUT2D eigenvalue weighted by Gasteiger charge is -2.20. The predicted octanol–water partition coefficient (Wildman–Crippen LogP) is 2.10. The molecule has 0 aromatic heterocycles. The summed E-state index contributed by atoms with van der Waals surface area (Å²) >= 11 is 0. The third-order valence-corrected chi connectivity index (χ3v) is 3.44. The molecule has 1 saturated heterocycles. The lowest BCUT2D eigenvalue weighted by molar-refractivity contribution is 0.0955. The van der Waals surface area contributed by atoms with Gasteiger partial charge in [0.25, 0.3) is 5.91 Å². The number of amides is 1. The van der Waals surface area contributed by atoms with E-state index in [-0.39, 0.29) is 29.9 Å². The fourth-order valence-corrected chi connectivity index (χ4v) is 2.38. The number of carbonyl (C=O) groups is 1. The van der Waals surface area contributed by atoms with Gasteiger partial charge in [-0.05, 0) is 31.9 Å². The van der Waals surface area contributed by atoms with Crippen LogP contribution >= 0.6 is 24.0 Å². The van der Waals surface area contributed by atoms with Gasteiger partial charge in [0.2, 0.25) is 0 Å². The average Bonchev–Trinajstić information content (AvgIpc) is 3.05. The summed E-state index contributed by atoms with van der Waals surface area (Å²) in [7, 11) is 0. The molecule has 1 fully saturated rings. The van der Waals surface area contributed by atoms with Crippen LogP contribution in [-0.2, 0) is 0 Å². The molecule has 2 N–H and O–H groups in total. The molecule has 1 aromatic carbocycles. The Labute approximate surface area is 149 Å². The molecule has 0 saturated carbocycles. The van der Waals surface area contributed by atoms with Crippen LogP contribution < -0.4 is 10.6 Å². The van der Waals surface area contributed by atoms with E-state index < -0.39 is 0 Å². The summed E-state index contributed by atoms with van der Waals surface area (Å²) in [5.74, 6) is 0.918. The number of halogens is 1. The maximum atomic E-state index is 11.9. The van der Waals surface area contributed by atoms with Crippen LogP contribution in [0.15, 0.2) is 35.3 Å². The number of rotatable bonds is 5. The smallest absolute Gasteiger partial charge is 0.251 e. The molecule has 2 rings (SSSR count). The molecule has 22 heavy (non-hydrogen) atoms. The molecule has 0 unspecified atom stereocenters. The molecule has 1 amide bonds. The zero-order valence-electron chi connectivity index (χ0n) is 13.0. The molecule has 1 heterocycles. The maximum absolute atomic E-state index is 11.9. The number of nitrogens with one attached hydrogen (secondary N) is 2. The van der Waals surface area contributed by atoms with Crippen LogP contribution in [0, 0.1) is 0 Å². The number of likely N-dealkylation sites (tertiary alicyclic amines) is 1. The van der Waals surface area contributed by atoms with E-state index in [2.05, 4.69) is 27.4 Å². The van der Waals surface area contributed by atoms with E-state index in [1.54, 1.807) is 0 Å². The third-order valence-electron chi connectivity index (χ3n) is 3.44. The van der Waals surface area contributed by atoms with Gasteiger partial charge in [0, 0.05) is 31.7 Å².